The number of hydrogen-bond donors (Lipinski definition) is 2. The van der Waals surface area contributed by atoms with Gasteiger partial charge in [0, 0.05) is 17.5 Å². The van der Waals surface area contributed by atoms with Gasteiger partial charge in [-0.2, -0.15) is 0 Å². The number of nitrogens with two attached hydrogens (primary N) is 1. The Kier molecular flexibility index (Phi) is 3.74. The molecule has 0 spiro atoms. The van der Waals surface area contributed by atoms with E-state index in [-0.39, 0.29) is 11.2 Å². The maximum absolute atomic E-state index is 10.4. The third-order valence-corrected chi connectivity index (χ3v) is 4.37. The number of phenols is 1. The highest BCUT2D eigenvalue weighted by Crippen LogP contribution is 2.50. The largest absolute Gasteiger partial charge is 0.504 e. The summed E-state index contributed by atoms with van der Waals surface area (Å²) in [5, 5.41) is 10.9. The summed E-state index contributed by atoms with van der Waals surface area (Å²) in [6.07, 6.45) is 4.34. The first-order chi connectivity index (χ1) is 8.55. The average molecular weight is 270 g/mol. The van der Waals surface area contributed by atoms with Gasteiger partial charge in [0.2, 0.25) is 0 Å². The molecule has 3 N–H and O–H groups in total. The monoisotopic (exact) mass is 269 g/mol. The van der Waals surface area contributed by atoms with Crippen molar-refractivity contribution in [3.63, 3.8) is 0 Å². The van der Waals surface area contributed by atoms with E-state index in [9.17, 15) is 5.11 Å². The fraction of sp³-hybridized carbons (Fsp3) is 0.571. The summed E-state index contributed by atoms with van der Waals surface area (Å²) in [5.74, 6) is 0.520. The number of phenolic OH excluding ortho intramolecular Hbond substituents is 1. The molecule has 3 nitrogen and oxygen atoms in total. The minimum atomic E-state index is -0.119. The molecule has 1 aliphatic carbocycles. The molecule has 0 saturated heterocycles. The van der Waals surface area contributed by atoms with Gasteiger partial charge in [0.1, 0.15) is 0 Å². The normalized spacial score (nSPS) is 18.0. The molecule has 100 valence electrons. The van der Waals surface area contributed by atoms with E-state index >= 15 is 0 Å². The van der Waals surface area contributed by atoms with Crippen LogP contribution in [0.15, 0.2) is 6.07 Å². The van der Waals surface area contributed by atoms with Crippen LogP contribution in [0, 0.1) is 6.92 Å². The number of ether oxygens (including phenoxy) is 1. The van der Waals surface area contributed by atoms with Crippen molar-refractivity contribution in [1.29, 1.82) is 0 Å². The van der Waals surface area contributed by atoms with Crippen LogP contribution in [0.5, 0.6) is 11.5 Å². The molecule has 0 heterocycles. The van der Waals surface area contributed by atoms with E-state index in [1.165, 1.54) is 7.11 Å². The molecule has 1 fully saturated rings. The lowest BCUT2D eigenvalue weighted by molar-refractivity contribution is 0.354. The Balaban J connectivity index is 2.63. The molecule has 1 aromatic carbocycles. The highest BCUT2D eigenvalue weighted by molar-refractivity contribution is 6.32. The smallest absolute Gasteiger partial charge is 0.179 e. The molecule has 18 heavy (non-hydrogen) atoms. The number of halogens is 1. The molecule has 0 atom stereocenters. The van der Waals surface area contributed by atoms with Crippen LogP contribution in [0.3, 0.4) is 0 Å². The summed E-state index contributed by atoms with van der Waals surface area (Å²) < 4.78 is 5.20. The molecule has 0 unspecified atom stereocenters. The molecule has 0 radical (unpaired) electrons. The quantitative estimate of drug-likeness (QED) is 0.886. The Bertz CT molecular complexity index is 454. The summed E-state index contributed by atoms with van der Waals surface area (Å²) in [7, 11) is 1.52. The van der Waals surface area contributed by atoms with Crippen LogP contribution in [0.25, 0.3) is 0 Å². The number of benzene rings is 1. The van der Waals surface area contributed by atoms with Crippen molar-refractivity contribution in [2.24, 2.45) is 5.73 Å². The van der Waals surface area contributed by atoms with E-state index < -0.39 is 0 Å². The van der Waals surface area contributed by atoms with Gasteiger partial charge in [-0.15, -0.1) is 0 Å². The zero-order valence-corrected chi connectivity index (χ0v) is 11.7. The number of methoxy groups -OCH3 is 1. The summed E-state index contributed by atoms with van der Waals surface area (Å²) in [6, 6.07) is 1.85. The molecule has 0 aromatic heterocycles. The molecule has 1 aliphatic rings. The molecule has 1 saturated carbocycles. The highest BCUT2D eigenvalue weighted by atomic mass is 35.5. The van der Waals surface area contributed by atoms with Crippen molar-refractivity contribution in [2.75, 3.05) is 13.7 Å². The fourth-order valence-corrected chi connectivity index (χ4v) is 3.54. The molecule has 4 heteroatoms. The minimum Gasteiger partial charge on any atom is -0.504 e. The fourth-order valence-electron chi connectivity index (χ4n) is 3.21. The van der Waals surface area contributed by atoms with Gasteiger partial charge in [0.15, 0.2) is 11.5 Å². The van der Waals surface area contributed by atoms with E-state index in [0.717, 1.165) is 36.8 Å². The first kappa shape index (κ1) is 13.5. The van der Waals surface area contributed by atoms with Crippen molar-refractivity contribution in [3.8, 4) is 11.5 Å². The second kappa shape index (κ2) is 4.98. The zero-order chi connectivity index (χ0) is 13.3. The summed E-state index contributed by atoms with van der Waals surface area (Å²) in [6.45, 7) is 2.52. The van der Waals surface area contributed by atoms with Gasteiger partial charge in [-0.3, -0.25) is 0 Å². The first-order valence-electron chi connectivity index (χ1n) is 6.32. The van der Waals surface area contributed by atoms with Crippen LogP contribution in [-0.4, -0.2) is 18.8 Å². The predicted octanol–water partition coefficient (Wildman–Crippen LogP) is 3.13. The van der Waals surface area contributed by atoms with Crippen LogP contribution < -0.4 is 10.5 Å². The van der Waals surface area contributed by atoms with Gasteiger partial charge >= 0.3 is 0 Å². The van der Waals surface area contributed by atoms with Crippen LogP contribution in [0.1, 0.15) is 36.8 Å². The molecular weight excluding hydrogens is 250 g/mol. The third-order valence-electron chi connectivity index (χ3n) is 4.09. The zero-order valence-electron chi connectivity index (χ0n) is 10.9. The Labute approximate surface area is 113 Å². The van der Waals surface area contributed by atoms with Gasteiger partial charge in [0.05, 0.1) is 12.1 Å². The molecule has 2 rings (SSSR count). The topological polar surface area (TPSA) is 55.5 Å². The van der Waals surface area contributed by atoms with E-state index in [1.54, 1.807) is 0 Å². The predicted molar refractivity (Wildman–Crippen MR) is 73.6 cm³/mol. The van der Waals surface area contributed by atoms with Crippen molar-refractivity contribution in [3.05, 3.63) is 22.2 Å². The summed E-state index contributed by atoms with van der Waals surface area (Å²) in [5.41, 5.74) is 7.78. The van der Waals surface area contributed by atoms with Crippen molar-refractivity contribution in [2.45, 2.75) is 38.0 Å². The van der Waals surface area contributed by atoms with E-state index in [1.807, 2.05) is 13.0 Å². The number of hydrogen-bond acceptors (Lipinski definition) is 3. The maximum atomic E-state index is 10.4. The lowest BCUT2D eigenvalue weighted by atomic mass is 9.76. The van der Waals surface area contributed by atoms with Crippen molar-refractivity contribution in [1.82, 2.24) is 0 Å². The Morgan fingerprint density at radius 2 is 2.06 bits per heavy atom. The van der Waals surface area contributed by atoms with Crippen LogP contribution in [0.2, 0.25) is 5.02 Å². The average Bonchev–Trinajstić information content (AvgIpc) is 2.78. The number of aryl methyl sites for hydroxylation is 1. The van der Waals surface area contributed by atoms with Gasteiger partial charge < -0.3 is 15.6 Å². The molecular formula is C14H20ClNO2. The first-order valence-corrected chi connectivity index (χ1v) is 6.70. The second-order valence-corrected chi connectivity index (χ2v) is 5.53. The minimum absolute atomic E-state index is 0.119. The van der Waals surface area contributed by atoms with E-state index in [4.69, 9.17) is 22.1 Å². The van der Waals surface area contributed by atoms with Gasteiger partial charge in [-0.05, 0) is 31.4 Å². The molecule has 0 bridgehead atoms. The molecule has 0 amide bonds. The number of aromatic hydroxyl groups is 1. The Morgan fingerprint density at radius 3 is 2.56 bits per heavy atom. The maximum Gasteiger partial charge on any atom is 0.179 e. The standard InChI is InChI=1S/C14H20ClNO2/c1-9-7-10(15)13(18-2)12(17)11(9)14(8-16)5-3-4-6-14/h7,17H,3-6,8,16H2,1-2H3. The Hall–Kier alpha value is -0.930. The van der Waals surface area contributed by atoms with E-state index in [0.29, 0.717) is 17.3 Å². The van der Waals surface area contributed by atoms with Crippen molar-refractivity contribution >= 4 is 11.6 Å². The Morgan fingerprint density at radius 1 is 1.44 bits per heavy atom. The lowest BCUT2D eigenvalue weighted by Crippen LogP contribution is -2.33. The van der Waals surface area contributed by atoms with Crippen LogP contribution >= 0.6 is 11.6 Å². The molecule has 1 aromatic rings. The summed E-state index contributed by atoms with van der Waals surface area (Å²) >= 11 is 6.09. The van der Waals surface area contributed by atoms with Crippen LogP contribution in [-0.2, 0) is 5.41 Å². The summed E-state index contributed by atoms with van der Waals surface area (Å²) in [4.78, 5) is 0. The van der Waals surface area contributed by atoms with Crippen molar-refractivity contribution < 1.29 is 9.84 Å². The van der Waals surface area contributed by atoms with Gasteiger partial charge in [-0.25, -0.2) is 0 Å². The third kappa shape index (κ3) is 1.95. The van der Waals surface area contributed by atoms with Crippen LogP contribution in [0.4, 0.5) is 0 Å². The van der Waals surface area contributed by atoms with Gasteiger partial charge in [0.25, 0.3) is 0 Å². The van der Waals surface area contributed by atoms with Gasteiger partial charge in [-0.1, -0.05) is 24.4 Å². The second-order valence-electron chi connectivity index (χ2n) is 5.12. The lowest BCUT2D eigenvalue weighted by Gasteiger charge is -2.31. The highest BCUT2D eigenvalue weighted by Gasteiger charge is 2.38. The molecule has 0 aliphatic heterocycles. The SMILES string of the molecule is COc1c(Cl)cc(C)c(C2(CN)CCCC2)c1O. The van der Waals surface area contributed by atoms with E-state index in [2.05, 4.69) is 0 Å². The number of rotatable bonds is 3.